The van der Waals surface area contributed by atoms with Gasteiger partial charge in [0, 0.05) is 16.0 Å². The Bertz CT molecular complexity index is 997. The number of hydrazine groups is 1. The lowest BCUT2D eigenvalue weighted by molar-refractivity contribution is 0.0956. The topological polar surface area (TPSA) is 59.0 Å². The molecule has 0 radical (unpaired) electrons. The number of carbonyl (C=O) groups excluding carboxylic acids is 1. The van der Waals surface area contributed by atoms with Crippen molar-refractivity contribution in [2.45, 2.75) is 31.1 Å². The number of amides is 1. The lowest BCUT2D eigenvalue weighted by Gasteiger charge is -2.14. The van der Waals surface area contributed by atoms with Crippen LogP contribution in [0.15, 0.2) is 59.1 Å². The quantitative estimate of drug-likeness (QED) is 0.596. The van der Waals surface area contributed by atoms with Crippen molar-refractivity contribution in [2.75, 3.05) is 5.43 Å². The van der Waals surface area contributed by atoms with E-state index < -0.39 is 0 Å². The molecule has 27 heavy (non-hydrogen) atoms. The number of aromatic nitrogens is 2. The third kappa shape index (κ3) is 2.84. The molecule has 1 amide bonds. The van der Waals surface area contributed by atoms with Crippen LogP contribution in [0.2, 0.25) is 0 Å². The van der Waals surface area contributed by atoms with E-state index in [2.05, 4.69) is 26.8 Å². The summed E-state index contributed by atoms with van der Waals surface area (Å²) in [5.74, 6) is 0.773. The molecule has 2 unspecified atom stereocenters. The molecule has 3 aromatic rings. The first-order chi connectivity index (χ1) is 13.2. The highest BCUT2D eigenvalue weighted by atomic mass is 79.9. The van der Waals surface area contributed by atoms with Gasteiger partial charge in [0.25, 0.3) is 5.91 Å². The maximum Gasteiger partial charge on any atom is 0.290 e. The Balaban J connectivity index is 1.50. The summed E-state index contributed by atoms with van der Waals surface area (Å²) in [6.07, 6.45) is 3.47. The normalized spacial score (nSPS) is 19.7. The Morgan fingerprint density at radius 1 is 1.04 bits per heavy atom. The predicted octanol–water partition coefficient (Wildman–Crippen LogP) is 4.76. The number of para-hydroxylation sites is 1. The minimum absolute atomic E-state index is 0.182. The molecule has 2 aliphatic carbocycles. The highest BCUT2D eigenvalue weighted by molar-refractivity contribution is 9.10. The van der Waals surface area contributed by atoms with E-state index in [1.807, 2.05) is 59.3 Å². The van der Waals surface area contributed by atoms with E-state index in [9.17, 15) is 4.79 Å². The van der Waals surface area contributed by atoms with Crippen LogP contribution in [0.1, 0.15) is 52.8 Å². The van der Waals surface area contributed by atoms with Crippen LogP contribution in [0.4, 0.5) is 5.69 Å². The largest absolute Gasteiger partial charge is 0.298 e. The molecule has 2 N–H and O–H groups in total. The summed E-state index contributed by atoms with van der Waals surface area (Å²) in [6, 6.07) is 17.7. The Labute approximate surface area is 165 Å². The smallest absolute Gasteiger partial charge is 0.290 e. The summed E-state index contributed by atoms with van der Waals surface area (Å²) in [7, 11) is 0. The van der Waals surface area contributed by atoms with Crippen LogP contribution < -0.4 is 10.9 Å². The standard InChI is InChI=1S/C21H19BrN4O/c22-15-8-10-17(11-9-15)26-20-14-7-6-13(12-14)18(20)19(25-26)21(27)24-23-16-4-2-1-3-5-16/h1-5,8-11,13-14,23H,6-7,12H2,(H,24,27). The number of hydrogen-bond donors (Lipinski definition) is 2. The fourth-order valence-electron chi connectivity index (χ4n) is 4.39. The van der Waals surface area contributed by atoms with Gasteiger partial charge in [-0.2, -0.15) is 5.10 Å². The maximum absolute atomic E-state index is 12.9. The summed E-state index contributed by atoms with van der Waals surface area (Å²) >= 11 is 3.48. The summed E-state index contributed by atoms with van der Waals surface area (Å²) in [6.45, 7) is 0. The van der Waals surface area contributed by atoms with Gasteiger partial charge < -0.3 is 0 Å². The highest BCUT2D eigenvalue weighted by Crippen LogP contribution is 2.54. The predicted molar refractivity (Wildman–Crippen MR) is 108 cm³/mol. The minimum Gasteiger partial charge on any atom is -0.298 e. The molecule has 2 aliphatic rings. The van der Waals surface area contributed by atoms with Crippen molar-refractivity contribution in [3.8, 4) is 5.69 Å². The van der Waals surface area contributed by atoms with Crippen molar-refractivity contribution in [1.29, 1.82) is 0 Å². The molecule has 1 heterocycles. The summed E-state index contributed by atoms with van der Waals surface area (Å²) < 4.78 is 3.00. The van der Waals surface area contributed by atoms with Gasteiger partial charge in [0.2, 0.25) is 0 Å². The third-order valence-corrected chi connectivity index (χ3v) is 6.10. The van der Waals surface area contributed by atoms with Crippen LogP contribution in [0.25, 0.3) is 5.69 Å². The fraction of sp³-hybridized carbons (Fsp3) is 0.238. The number of carbonyl (C=O) groups is 1. The van der Waals surface area contributed by atoms with Crippen molar-refractivity contribution in [2.24, 2.45) is 0 Å². The zero-order valence-corrected chi connectivity index (χ0v) is 16.2. The van der Waals surface area contributed by atoms with Crippen molar-refractivity contribution in [3.05, 3.63) is 76.0 Å². The average molecular weight is 423 g/mol. The molecular formula is C21H19BrN4O. The van der Waals surface area contributed by atoms with Gasteiger partial charge in [-0.05, 0) is 61.6 Å². The summed E-state index contributed by atoms with van der Waals surface area (Å²) in [5.41, 5.74) is 10.5. The number of anilines is 1. The van der Waals surface area contributed by atoms with Crippen molar-refractivity contribution in [3.63, 3.8) is 0 Å². The molecule has 5 nitrogen and oxygen atoms in total. The van der Waals surface area contributed by atoms with Crippen LogP contribution in [0.5, 0.6) is 0 Å². The van der Waals surface area contributed by atoms with E-state index >= 15 is 0 Å². The van der Waals surface area contributed by atoms with Crippen LogP contribution in [-0.4, -0.2) is 15.7 Å². The van der Waals surface area contributed by atoms with Crippen molar-refractivity contribution >= 4 is 27.5 Å². The molecule has 136 valence electrons. The van der Waals surface area contributed by atoms with Gasteiger partial charge in [0.15, 0.2) is 5.69 Å². The molecule has 2 bridgehead atoms. The minimum atomic E-state index is -0.182. The van der Waals surface area contributed by atoms with E-state index in [1.165, 1.54) is 12.1 Å². The molecule has 0 saturated heterocycles. The molecule has 1 fully saturated rings. The number of benzene rings is 2. The Kier molecular flexibility index (Phi) is 4.01. The van der Waals surface area contributed by atoms with Crippen LogP contribution in [-0.2, 0) is 0 Å². The van der Waals surface area contributed by atoms with Crippen LogP contribution >= 0.6 is 15.9 Å². The Morgan fingerprint density at radius 3 is 2.56 bits per heavy atom. The van der Waals surface area contributed by atoms with Gasteiger partial charge in [0.05, 0.1) is 17.1 Å². The molecule has 2 aromatic carbocycles. The summed E-state index contributed by atoms with van der Waals surface area (Å²) in [5, 5.41) is 4.73. The van der Waals surface area contributed by atoms with Crippen LogP contribution in [0, 0.1) is 0 Å². The van der Waals surface area contributed by atoms with E-state index in [0.717, 1.165) is 34.3 Å². The first-order valence-corrected chi connectivity index (χ1v) is 10.00. The SMILES string of the molecule is O=C(NNc1ccccc1)c1nn(-c2ccc(Br)cc2)c2c1C1CCC2C1. The van der Waals surface area contributed by atoms with Gasteiger partial charge in [0.1, 0.15) is 0 Å². The zero-order valence-electron chi connectivity index (χ0n) is 14.7. The summed E-state index contributed by atoms with van der Waals surface area (Å²) in [4.78, 5) is 12.9. The number of rotatable bonds is 4. The highest BCUT2D eigenvalue weighted by Gasteiger charge is 2.44. The van der Waals surface area contributed by atoms with E-state index in [-0.39, 0.29) is 5.91 Å². The van der Waals surface area contributed by atoms with E-state index in [4.69, 9.17) is 5.10 Å². The maximum atomic E-state index is 12.9. The number of fused-ring (bicyclic) bond motifs is 5. The molecule has 6 heteroatoms. The molecule has 5 rings (SSSR count). The number of hydrogen-bond acceptors (Lipinski definition) is 3. The molecule has 0 spiro atoms. The van der Waals surface area contributed by atoms with Gasteiger partial charge in [-0.1, -0.05) is 34.1 Å². The Morgan fingerprint density at radius 2 is 1.78 bits per heavy atom. The Hall–Kier alpha value is -2.60. The van der Waals surface area contributed by atoms with Crippen molar-refractivity contribution < 1.29 is 4.79 Å². The third-order valence-electron chi connectivity index (χ3n) is 5.57. The second kappa shape index (κ2) is 6.53. The van der Waals surface area contributed by atoms with Crippen molar-refractivity contribution in [1.82, 2.24) is 15.2 Å². The average Bonchev–Trinajstić information content (AvgIpc) is 3.40. The lowest BCUT2D eigenvalue weighted by atomic mass is 9.95. The van der Waals surface area contributed by atoms with E-state index in [1.54, 1.807) is 0 Å². The number of nitrogens with zero attached hydrogens (tertiary/aromatic N) is 2. The second-order valence-electron chi connectivity index (χ2n) is 7.19. The molecule has 0 aliphatic heterocycles. The fourth-order valence-corrected chi connectivity index (χ4v) is 4.65. The molecule has 1 aromatic heterocycles. The zero-order chi connectivity index (χ0) is 18.4. The van der Waals surface area contributed by atoms with Gasteiger partial charge in [-0.25, -0.2) is 4.68 Å². The monoisotopic (exact) mass is 422 g/mol. The lowest BCUT2D eigenvalue weighted by Crippen LogP contribution is -2.30. The second-order valence-corrected chi connectivity index (χ2v) is 8.10. The van der Waals surface area contributed by atoms with E-state index in [0.29, 0.717) is 17.5 Å². The van der Waals surface area contributed by atoms with Gasteiger partial charge in [-0.3, -0.25) is 15.6 Å². The van der Waals surface area contributed by atoms with Gasteiger partial charge >= 0.3 is 0 Å². The van der Waals surface area contributed by atoms with Crippen LogP contribution in [0.3, 0.4) is 0 Å². The first kappa shape index (κ1) is 16.6. The molecule has 1 saturated carbocycles. The first-order valence-electron chi connectivity index (χ1n) is 9.21. The number of halogens is 1. The number of nitrogens with one attached hydrogen (secondary N) is 2. The molecule has 2 atom stereocenters. The van der Waals surface area contributed by atoms with Gasteiger partial charge in [-0.15, -0.1) is 0 Å². The molecular weight excluding hydrogens is 404 g/mol.